The molecule has 1 aromatic carbocycles. The predicted octanol–water partition coefficient (Wildman–Crippen LogP) is 0.405. The van der Waals surface area contributed by atoms with E-state index >= 15 is 0 Å². The first-order valence-electron chi connectivity index (χ1n) is 6.72. The van der Waals surface area contributed by atoms with Gasteiger partial charge in [0, 0.05) is 18.1 Å². The molecule has 0 saturated heterocycles. The van der Waals surface area contributed by atoms with Crippen LogP contribution < -0.4 is 20.9 Å². The molecule has 0 atom stereocenters. The second-order valence-corrected chi connectivity index (χ2v) is 5.21. The Morgan fingerprint density at radius 3 is 2.48 bits per heavy atom. The number of amides is 2. The minimum Gasteiger partial charge on any atom is -0.484 e. The summed E-state index contributed by atoms with van der Waals surface area (Å²) in [5, 5.41) is 12.8. The molecule has 0 aromatic heterocycles. The molecule has 0 unspecified atom stereocenters. The van der Waals surface area contributed by atoms with Gasteiger partial charge in [0.2, 0.25) is 5.91 Å². The number of non-ortho nitro benzene ring substituents is 1. The van der Waals surface area contributed by atoms with Crippen molar-refractivity contribution in [3.05, 3.63) is 34.4 Å². The molecule has 1 aromatic rings. The van der Waals surface area contributed by atoms with E-state index in [2.05, 4.69) is 16.2 Å². The molecule has 2 amide bonds. The molecule has 122 valence electrons. The summed E-state index contributed by atoms with van der Waals surface area (Å²) < 4.78 is 5.17. The van der Waals surface area contributed by atoms with Gasteiger partial charge in [-0.25, -0.2) is 0 Å². The summed E-state index contributed by atoms with van der Waals surface area (Å²) in [7, 11) is 0. The Bertz CT molecular complexity index is 630. The van der Waals surface area contributed by atoms with Crippen LogP contribution in [0, 0.1) is 16.0 Å². The lowest BCUT2D eigenvalue weighted by Crippen LogP contribution is -2.49. The van der Waals surface area contributed by atoms with E-state index in [0.717, 1.165) is 12.8 Å². The molecule has 0 spiro atoms. The fourth-order valence-electron chi connectivity index (χ4n) is 1.57. The molecule has 3 N–H and O–H groups in total. The largest absolute Gasteiger partial charge is 0.484 e. The van der Waals surface area contributed by atoms with Crippen molar-refractivity contribution >= 4 is 34.8 Å². The third-order valence-corrected chi connectivity index (χ3v) is 3.12. The van der Waals surface area contributed by atoms with Crippen molar-refractivity contribution in [1.29, 1.82) is 0 Å². The Morgan fingerprint density at radius 2 is 1.91 bits per heavy atom. The quantitative estimate of drug-likeness (QED) is 0.403. The summed E-state index contributed by atoms with van der Waals surface area (Å²) in [5.41, 5.74) is 4.74. The lowest BCUT2D eigenvalue weighted by Gasteiger charge is -2.11. The average molecular weight is 338 g/mol. The molecule has 0 aliphatic heterocycles. The first-order valence-corrected chi connectivity index (χ1v) is 7.13. The summed E-state index contributed by atoms with van der Waals surface area (Å²) >= 11 is 4.84. The van der Waals surface area contributed by atoms with Crippen LogP contribution in [0.1, 0.15) is 12.8 Å². The molecular formula is C13H14N4O5S. The Kier molecular flexibility index (Phi) is 5.41. The standard InChI is InChI=1S/C13H14N4O5S/c18-11(14-13(23)16-15-12(19)8-1-2-8)7-22-10-5-3-9(4-6-10)17(20)21/h3-6,8H,1-2,7H2,(H,15,19)(H2,14,16,18,23). The predicted molar refractivity (Wildman–Crippen MR) is 83.3 cm³/mol. The number of carbonyl (C=O) groups is 2. The van der Waals surface area contributed by atoms with Gasteiger partial charge in [-0.05, 0) is 37.2 Å². The number of nitrogens with zero attached hydrogens (tertiary/aromatic N) is 1. The Hall–Kier alpha value is -2.75. The van der Waals surface area contributed by atoms with Crippen LogP contribution in [0.3, 0.4) is 0 Å². The average Bonchev–Trinajstić information content (AvgIpc) is 3.36. The van der Waals surface area contributed by atoms with Crippen molar-refractivity contribution < 1.29 is 19.2 Å². The number of nitro groups is 1. The number of ether oxygens (including phenoxy) is 1. The van der Waals surface area contributed by atoms with Gasteiger partial charge in [0.25, 0.3) is 11.6 Å². The molecule has 1 saturated carbocycles. The van der Waals surface area contributed by atoms with E-state index in [1.165, 1.54) is 24.3 Å². The van der Waals surface area contributed by atoms with Crippen molar-refractivity contribution in [2.45, 2.75) is 12.8 Å². The molecule has 10 heteroatoms. The van der Waals surface area contributed by atoms with Crippen molar-refractivity contribution in [2.24, 2.45) is 5.92 Å². The minimum atomic E-state index is -0.531. The molecular weight excluding hydrogens is 324 g/mol. The molecule has 23 heavy (non-hydrogen) atoms. The zero-order chi connectivity index (χ0) is 16.8. The number of hydrazine groups is 1. The molecule has 9 nitrogen and oxygen atoms in total. The lowest BCUT2D eigenvalue weighted by atomic mass is 10.3. The molecule has 1 aliphatic carbocycles. The van der Waals surface area contributed by atoms with Gasteiger partial charge in [0.15, 0.2) is 11.7 Å². The number of nitrogens with one attached hydrogen (secondary N) is 3. The summed E-state index contributed by atoms with van der Waals surface area (Å²) in [6.45, 7) is -0.323. The molecule has 1 fully saturated rings. The van der Waals surface area contributed by atoms with Gasteiger partial charge in [-0.1, -0.05) is 0 Å². The van der Waals surface area contributed by atoms with Gasteiger partial charge in [0.05, 0.1) is 4.92 Å². The third kappa shape index (κ3) is 5.51. The normalized spacial score (nSPS) is 12.9. The summed E-state index contributed by atoms with van der Waals surface area (Å²) in [4.78, 5) is 32.9. The third-order valence-electron chi connectivity index (χ3n) is 2.92. The van der Waals surface area contributed by atoms with Crippen LogP contribution in [0.2, 0.25) is 0 Å². The second-order valence-electron chi connectivity index (χ2n) is 4.81. The summed E-state index contributed by atoms with van der Waals surface area (Å²) in [6.07, 6.45) is 1.71. The van der Waals surface area contributed by atoms with E-state index in [9.17, 15) is 19.7 Å². The molecule has 1 aliphatic rings. The molecule has 2 rings (SSSR count). The van der Waals surface area contributed by atoms with E-state index < -0.39 is 10.8 Å². The second kappa shape index (κ2) is 7.49. The Balaban J connectivity index is 1.68. The maximum absolute atomic E-state index is 11.6. The number of rotatable bonds is 5. The summed E-state index contributed by atoms with van der Waals surface area (Å²) in [5.74, 6) is -0.358. The van der Waals surface area contributed by atoms with E-state index in [0.29, 0.717) is 5.75 Å². The SMILES string of the molecule is O=C(COc1ccc([N+](=O)[O-])cc1)NC(=S)NNC(=O)C1CC1. The Labute approximate surface area is 136 Å². The molecule has 0 bridgehead atoms. The van der Waals surface area contributed by atoms with Crippen LogP contribution in [0.5, 0.6) is 5.75 Å². The van der Waals surface area contributed by atoms with Crippen molar-refractivity contribution in [3.8, 4) is 5.75 Å². The lowest BCUT2D eigenvalue weighted by molar-refractivity contribution is -0.384. The van der Waals surface area contributed by atoms with Crippen molar-refractivity contribution in [2.75, 3.05) is 6.61 Å². The number of benzene rings is 1. The van der Waals surface area contributed by atoms with Crippen molar-refractivity contribution in [1.82, 2.24) is 16.2 Å². The van der Waals surface area contributed by atoms with Crippen LogP contribution in [0.25, 0.3) is 0 Å². The van der Waals surface area contributed by atoms with Crippen LogP contribution in [0.15, 0.2) is 24.3 Å². The van der Waals surface area contributed by atoms with Crippen LogP contribution in [-0.4, -0.2) is 28.5 Å². The highest BCUT2D eigenvalue weighted by Gasteiger charge is 2.29. The topological polar surface area (TPSA) is 123 Å². The molecule has 0 radical (unpaired) electrons. The highest BCUT2D eigenvalue weighted by molar-refractivity contribution is 7.80. The van der Waals surface area contributed by atoms with E-state index in [1.807, 2.05) is 0 Å². The number of thiocarbonyl (C=S) groups is 1. The van der Waals surface area contributed by atoms with Crippen molar-refractivity contribution in [3.63, 3.8) is 0 Å². The fraction of sp³-hybridized carbons (Fsp3) is 0.308. The highest BCUT2D eigenvalue weighted by Crippen LogP contribution is 2.28. The zero-order valence-electron chi connectivity index (χ0n) is 11.9. The smallest absolute Gasteiger partial charge is 0.269 e. The van der Waals surface area contributed by atoms with Gasteiger partial charge in [-0.2, -0.15) is 0 Å². The van der Waals surface area contributed by atoms with Gasteiger partial charge in [0.1, 0.15) is 5.75 Å². The Morgan fingerprint density at radius 1 is 1.26 bits per heavy atom. The van der Waals surface area contributed by atoms with E-state index in [1.54, 1.807) is 0 Å². The van der Waals surface area contributed by atoms with Gasteiger partial charge in [-0.15, -0.1) is 0 Å². The van der Waals surface area contributed by atoms with Crippen LogP contribution >= 0.6 is 12.2 Å². The maximum Gasteiger partial charge on any atom is 0.269 e. The molecule has 0 heterocycles. The van der Waals surface area contributed by atoms with Gasteiger partial charge < -0.3 is 4.74 Å². The first kappa shape index (κ1) is 16.6. The zero-order valence-corrected chi connectivity index (χ0v) is 12.7. The van der Waals surface area contributed by atoms with E-state index in [-0.39, 0.29) is 29.2 Å². The number of hydrogen-bond donors (Lipinski definition) is 3. The van der Waals surface area contributed by atoms with Crippen LogP contribution in [-0.2, 0) is 9.59 Å². The summed E-state index contributed by atoms with van der Waals surface area (Å²) in [6, 6.07) is 5.31. The van der Waals surface area contributed by atoms with Crippen LogP contribution in [0.4, 0.5) is 5.69 Å². The van der Waals surface area contributed by atoms with E-state index in [4.69, 9.17) is 17.0 Å². The van der Waals surface area contributed by atoms with Gasteiger partial charge >= 0.3 is 0 Å². The monoisotopic (exact) mass is 338 g/mol. The highest BCUT2D eigenvalue weighted by atomic mass is 32.1. The number of nitro benzene ring substituents is 1. The van der Waals surface area contributed by atoms with Gasteiger partial charge in [-0.3, -0.25) is 35.9 Å². The maximum atomic E-state index is 11.6. The minimum absolute atomic E-state index is 0.0199. The number of hydrogen-bond acceptors (Lipinski definition) is 6. The fourth-order valence-corrected chi connectivity index (χ4v) is 1.74. The number of carbonyl (C=O) groups excluding carboxylic acids is 2. The first-order chi connectivity index (χ1) is 11.0.